The van der Waals surface area contributed by atoms with Crippen LogP contribution < -0.4 is 0 Å². The van der Waals surface area contributed by atoms with Crippen LogP contribution in [0.5, 0.6) is 0 Å². The summed E-state index contributed by atoms with van der Waals surface area (Å²) in [5.74, 6) is 0. The maximum atomic E-state index is 8.74. The van der Waals surface area contributed by atoms with Gasteiger partial charge in [-0.05, 0) is 0 Å². The van der Waals surface area contributed by atoms with Gasteiger partial charge in [-0.1, -0.05) is 0 Å². The zero-order valence-corrected chi connectivity index (χ0v) is 3.44. The van der Waals surface area contributed by atoms with Gasteiger partial charge < -0.3 is 5.48 Å². The summed E-state index contributed by atoms with van der Waals surface area (Å²) in [6.07, 6.45) is 0. The van der Waals surface area contributed by atoms with E-state index in [4.69, 9.17) is 17.5 Å². The molecule has 0 aromatic carbocycles. The first-order valence-corrected chi connectivity index (χ1v) is 2.10. The SMILES string of the molecule is O.O=S(=O)(O)O.[KH].[NaH]. The standard InChI is InChI=1S/K.Na.H2O4S.H2O.2H/c;;1-5(2,3)4;;;/h;;(H2,1,2,3,4);1H2;;. The van der Waals surface area contributed by atoms with Crippen molar-refractivity contribution < 1.29 is 23.0 Å². The molecule has 0 fully saturated rings. The third-order valence-corrected chi connectivity index (χ3v) is 0. The molecule has 0 heterocycles. The van der Waals surface area contributed by atoms with Gasteiger partial charge in [-0.25, -0.2) is 0 Å². The first kappa shape index (κ1) is 22.4. The van der Waals surface area contributed by atoms with Crippen LogP contribution in [0.4, 0.5) is 0 Å². The van der Waals surface area contributed by atoms with E-state index in [0.29, 0.717) is 0 Å². The van der Waals surface area contributed by atoms with Crippen LogP contribution in [-0.4, -0.2) is 104 Å². The summed E-state index contributed by atoms with van der Waals surface area (Å²) < 4.78 is 31.6. The Hall–Kier alpha value is 2.47. The summed E-state index contributed by atoms with van der Waals surface area (Å²) in [7, 11) is -4.67. The predicted molar refractivity (Wildman–Crippen MR) is 32.1 cm³/mol. The minimum atomic E-state index is -4.67. The Morgan fingerprint density at radius 1 is 1.12 bits per heavy atom. The van der Waals surface area contributed by atoms with Gasteiger partial charge >= 0.3 is 91.3 Å². The molecule has 0 spiro atoms. The summed E-state index contributed by atoms with van der Waals surface area (Å²) in [6.45, 7) is 0. The predicted octanol–water partition coefficient (Wildman–Crippen LogP) is -2.77. The molecule has 0 radical (unpaired) electrons. The van der Waals surface area contributed by atoms with Crippen LogP contribution in [0.3, 0.4) is 0 Å². The molecule has 0 aromatic heterocycles. The Labute approximate surface area is 112 Å². The van der Waals surface area contributed by atoms with E-state index in [-0.39, 0.29) is 86.4 Å². The van der Waals surface area contributed by atoms with Crippen LogP contribution >= 0.6 is 0 Å². The summed E-state index contributed by atoms with van der Waals surface area (Å²) in [5.41, 5.74) is 0. The van der Waals surface area contributed by atoms with Crippen molar-refractivity contribution in [1.29, 1.82) is 0 Å². The minimum absolute atomic E-state index is 0. The molecular weight excluding hydrogens is 174 g/mol. The van der Waals surface area contributed by atoms with E-state index >= 15 is 0 Å². The van der Waals surface area contributed by atoms with E-state index in [0.717, 1.165) is 0 Å². The van der Waals surface area contributed by atoms with Gasteiger partial charge in [0, 0.05) is 0 Å². The molecular formula is H6KNaO5S. The fourth-order valence-corrected chi connectivity index (χ4v) is 0. The Morgan fingerprint density at radius 2 is 1.12 bits per heavy atom. The van der Waals surface area contributed by atoms with Crippen molar-refractivity contribution in [3.8, 4) is 0 Å². The Kier molecular flexibility index (Phi) is 26.5. The number of hydrogen-bond donors (Lipinski definition) is 2. The molecule has 0 saturated carbocycles. The molecule has 5 nitrogen and oxygen atoms in total. The number of hydrogen-bond acceptors (Lipinski definition) is 2. The topological polar surface area (TPSA) is 106 Å². The van der Waals surface area contributed by atoms with Crippen molar-refractivity contribution in [1.82, 2.24) is 0 Å². The van der Waals surface area contributed by atoms with Crippen LogP contribution in [0.25, 0.3) is 0 Å². The van der Waals surface area contributed by atoms with E-state index in [1.807, 2.05) is 0 Å². The van der Waals surface area contributed by atoms with Gasteiger partial charge in [0.05, 0.1) is 0 Å². The zero-order chi connectivity index (χ0) is 4.50. The molecule has 4 N–H and O–H groups in total. The molecule has 8 heteroatoms. The molecule has 0 aliphatic carbocycles. The van der Waals surface area contributed by atoms with Crippen LogP contribution in [0.15, 0.2) is 0 Å². The fourth-order valence-electron chi connectivity index (χ4n) is 0. The molecule has 8 heavy (non-hydrogen) atoms. The van der Waals surface area contributed by atoms with Crippen molar-refractivity contribution in [2.24, 2.45) is 0 Å². The molecule has 0 aromatic rings. The van der Waals surface area contributed by atoms with Gasteiger partial charge in [-0.15, -0.1) is 0 Å². The Morgan fingerprint density at radius 3 is 1.12 bits per heavy atom. The Balaban J connectivity index is -0.0000000267. The second-order valence-corrected chi connectivity index (χ2v) is 1.34. The van der Waals surface area contributed by atoms with E-state index in [1.54, 1.807) is 0 Å². The van der Waals surface area contributed by atoms with E-state index < -0.39 is 10.4 Å². The van der Waals surface area contributed by atoms with Gasteiger partial charge in [0.1, 0.15) is 0 Å². The summed E-state index contributed by atoms with van der Waals surface area (Å²) >= 11 is 0. The fraction of sp³-hybridized carbons (Fsp3) is 0. The average molecular weight is 180 g/mol. The van der Waals surface area contributed by atoms with Crippen molar-refractivity contribution in [2.75, 3.05) is 0 Å². The third-order valence-electron chi connectivity index (χ3n) is 0. The molecule has 0 unspecified atom stereocenters. The second-order valence-electron chi connectivity index (χ2n) is 0.448. The van der Waals surface area contributed by atoms with Crippen LogP contribution in [0.2, 0.25) is 0 Å². The van der Waals surface area contributed by atoms with Gasteiger partial charge in [0.25, 0.3) is 0 Å². The first-order valence-electron chi connectivity index (χ1n) is 0.698. The van der Waals surface area contributed by atoms with Crippen LogP contribution in [0.1, 0.15) is 0 Å². The van der Waals surface area contributed by atoms with Crippen molar-refractivity contribution in [3.05, 3.63) is 0 Å². The van der Waals surface area contributed by atoms with Crippen molar-refractivity contribution in [3.63, 3.8) is 0 Å². The average Bonchev–Trinajstić information content (AvgIpc) is 0.722. The molecule has 0 bridgehead atoms. The second kappa shape index (κ2) is 9.47. The normalized spacial score (nSPS) is 7.25. The van der Waals surface area contributed by atoms with E-state index in [9.17, 15) is 0 Å². The van der Waals surface area contributed by atoms with Gasteiger partial charge in [-0.3, -0.25) is 9.11 Å². The van der Waals surface area contributed by atoms with E-state index in [2.05, 4.69) is 0 Å². The molecule has 0 aliphatic rings. The number of rotatable bonds is 0. The van der Waals surface area contributed by atoms with E-state index in [1.165, 1.54) is 0 Å². The Bertz CT molecular complexity index is 95.6. The first-order chi connectivity index (χ1) is 2.00. The van der Waals surface area contributed by atoms with Gasteiger partial charge in [-0.2, -0.15) is 8.42 Å². The summed E-state index contributed by atoms with van der Waals surface area (Å²) in [5, 5.41) is 0. The third kappa shape index (κ3) is 77.6. The zero-order valence-electron chi connectivity index (χ0n) is 2.62. The summed E-state index contributed by atoms with van der Waals surface area (Å²) in [4.78, 5) is 0. The van der Waals surface area contributed by atoms with Crippen LogP contribution in [-0.2, 0) is 10.4 Å². The van der Waals surface area contributed by atoms with Gasteiger partial charge in [0.2, 0.25) is 0 Å². The molecule has 0 atom stereocenters. The van der Waals surface area contributed by atoms with Crippen molar-refractivity contribution in [2.45, 2.75) is 0 Å². The monoisotopic (exact) mass is 180 g/mol. The molecule has 0 amide bonds. The van der Waals surface area contributed by atoms with Crippen LogP contribution in [0, 0.1) is 0 Å². The molecule has 0 aliphatic heterocycles. The molecule has 0 rings (SSSR count). The van der Waals surface area contributed by atoms with Gasteiger partial charge in [0.15, 0.2) is 0 Å². The summed E-state index contributed by atoms with van der Waals surface area (Å²) in [6, 6.07) is 0. The van der Waals surface area contributed by atoms with Crippen molar-refractivity contribution >= 4 is 91.3 Å². The molecule has 0 saturated heterocycles. The quantitative estimate of drug-likeness (QED) is 0.311. The maximum absolute atomic E-state index is 8.74. The molecule has 44 valence electrons.